The summed E-state index contributed by atoms with van der Waals surface area (Å²) in [6.07, 6.45) is 1.66. The highest BCUT2D eigenvalue weighted by Crippen LogP contribution is 2.34. The van der Waals surface area contributed by atoms with Crippen LogP contribution in [0.2, 0.25) is 0 Å². The first-order chi connectivity index (χ1) is 6.88. The Kier molecular flexibility index (Phi) is 2.29. The average molecular weight is 217 g/mol. The van der Waals surface area contributed by atoms with Gasteiger partial charge >= 0.3 is 0 Å². The topological polar surface area (TPSA) is 30.0 Å². The van der Waals surface area contributed by atoms with Gasteiger partial charge in [0.15, 0.2) is 0 Å². The molecule has 3 heteroatoms. The summed E-state index contributed by atoms with van der Waals surface area (Å²) in [5, 5.41) is 0. The second-order valence-corrected chi connectivity index (χ2v) is 3.27. The third-order valence-corrected chi connectivity index (χ3v) is 2.48. The van der Waals surface area contributed by atoms with Gasteiger partial charge in [-0.15, -0.1) is 0 Å². The van der Waals surface area contributed by atoms with E-state index < -0.39 is 0 Å². The van der Waals surface area contributed by atoms with Crippen molar-refractivity contribution in [2.75, 3.05) is 0 Å². The van der Waals surface area contributed by atoms with E-state index in [0.29, 0.717) is 5.69 Å². The minimum absolute atomic E-state index is 0. The van der Waals surface area contributed by atoms with E-state index in [2.05, 4.69) is 4.98 Å². The Bertz CT molecular complexity index is 489. The highest BCUT2D eigenvalue weighted by molar-refractivity contribution is 6.20. The van der Waals surface area contributed by atoms with Crippen LogP contribution < -0.4 is 12.4 Å². The van der Waals surface area contributed by atoms with E-state index in [9.17, 15) is 4.79 Å². The monoisotopic (exact) mass is 216 g/mol. The Labute approximate surface area is 93.4 Å². The van der Waals surface area contributed by atoms with Gasteiger partial charge in [0.1, 0.15) is 5.69 Å². The van der Waals surface area contributed by atoms with Gasteiger partial charge in [-0.25, -0.2) is 0 Å². The van der Waals surface area contributed by atoms with Crippen LogP contribution in [0.1, 0.15) is 16.1 Å². The molecule has 74 valence electrons. The van der Waals surface area contributed by atoms with Crippen molar-refractivity contribution in [3.8, 4) is 11.1 Å². The molecular formula is C12H7ClNO-. The van der Waals surface area contributed by atoms with E-state index in [1.54, 1.807) is 6.20 Å². The molecule has 3 rings (SSSR count). The van der Waals surface area contributed by atoms with Crippen LogP contribution in [-0.4, -0.2) is 10.8 Å². The van der Waals surface area contributed by atoms with E-state index in [4.69, 9.17) is 0 Å². The number of pyridine rings is 1. The van der Waals surface area contributed by atoms with Gasteiger partial charge in [-0.3, -0.25) is 9.78 Å². The van der Waals surface area contributed by atoms with Crippen molar-refractivity contribution in [3.05, 3.63) is 53.9 Å². The molecule has 0 amide bonds. The molecule has 1 aromatic heterocycles. The number of benzene rings is 1. The Hall–Kier alpha value is -1.67. The van der Waals surface area contributed by atoms with Crippen LogP contribution in [0.5, 0.6) is 0 Å². The zero-order valence-electron chi connectivity index (χ0n) is 7.77. The van der Waals surface area contributed by atoms with Crippen LogP contribution >= 0.6 is 0 Å². The molecule has 2 nitrogen and oxygen atoms in total. The van der Waals surface area contributed by atoms with E-state index in [0.717, 1.165) is 16.7 Å². The maximum absolute atomic E-state index is 11.8. The number of rotatable bonds is 0. The van der Waals surface area contributed by atoms with Gasteiger partial charge in [-0.1, -0.05) is 30.3 Å². The molecule has 0 aliphatic heterocycles. The number of nitrogens with zero attached hydrogens (tertiary/aromatic N) is 1. The van der Waals surface area contributed by atoms with Gasteiger partial charge in [0.25, 0.3) is 0 Å². The van der Waals surface area contributed by atoms with Gasteiger partial charge in [-0.2, -0.15) is 0 Å². The lowest BCUT2D eigenvalue weighted by Crippen LogP contribution is -3.00. The molecule has 0 atom stereocenters. The van der Waals surface area contributed by atoms with Crippen molar-refractivity contribution in [2.45, 2.75) is 0 Å². The minimum Gasteiger partial charge on any atom is -1.00 e. The smallest absolute Gasteiger partial charge is 0.212 e. The summed E-state index contributed by atoms with van der Waals surface area (Å²) in [6, 6.07) is 11.4. The van der Waals surface area contributed by atoms with Gasteiger partial charge < -0.3 is 12.4 Å². The second-order valence-electron chi connectivity index (χ2n) is 3.27. The first kappa shape index (κ1) is 9.87. The van der Waals surface area contributed by atoms with E-state index >= 15 is 0 Å². The summed E-state index contributed by atoms with van der Waals surface area (Å²) in [6.45, 7) is 0. The zero-order chi connectivity index (χ0) is 9.54. The normalized spacial score (nSPS) is 11.6. The van der Waals surface area contributed by atoms with Crippen molar-refractivity contribution >= 4 is 5.78 Å². The predicted molar refractivity (Wildman–Crippen MR) is 53.1 cm³/mol. The number of aromatic nitrogens is 1. The van der Waals surface area contributed by atoms with Crippen LogP contribution in [0.3, 0.4) is 0 Å². The van der Waals surface area contributed by atoms with Crippen molar-refractivity contribution in [1.29, 1.82) is 0 Å². The van der Waals surface area contributed by atoms with Crippen molar-refractivity contribution in [1.82, 2.24) is 4.98 Å². The molecule has 0 saturated carbocycles. The number of fused-ring (bicyclic) bond motifs is 3. The van der Waals surface area contributed by atoms with Crippen LogP contribution in [0.4, 0.5) is 0 Å². The third-order valence-electron chi connectivity index (χ3n) is 2.48. The van der Waals surface area contributed by atoms with Crippen LogP contribution in [0.25, 0.3) is 11.1 Å². The molecule has 2 aromatic rings. The number of carbonyl (C=O) groups is 1. The summed E-state index contributed by atoms with van der Waals surface area (Å²) in [4.78, 5) is 15.9. The standard InChI is InChI=1S/C12H7NO.ClH/c14-12-10-5-2-1-4-8(10)9-6-3-7-13-11(9)12;/h1-7H;1H/p-1. The van der Waals surface area contributed by atoms with Gasteiger partial charge in [0, 0.05) is 17.3 Å². The van der Waals surface area contributed by atoms with Crippen LogP contribution in [0.15, 0.2) is 42.6 Å². The lowest BCUT2D eigenvalue weighted by molar-refractivity contribution is -0.0000100. The van der Waals surface area contributed by atoms with E-state index in [1.807, 2.05) is 36.4 Å². The fraction of sp³-hybridized carbons (Fsp3) is 0. The molecular weight excluding hydrogens is 210 g/mol. The Morgan fingerprint density at radius 1 is 0.867 bits per heavy atom. The first-order valence-corrected chi connectivity index (χ1v) is 4.47. The Balaban J connectivity index is 0.000000853. The molecule has 0 fully saturated rings. The lowest BCUT2D eigenvalue weighted by atomic mass is 10.1. The van der Waals surface area contributed by atoms with E-state index in [1.165, 1.54) is 0 Å². The SMILES string of the molecule is O=C1c2ccccc2-c2cccnc21.[Cl-]. The summed E-state index contributed by atoms with van der Waals surface area (Å²) in [5.74, 6) is 0.0381. The zero-order valence-corrected chi connectivity index (χ0v) is 8.53. The van der Waals surface area contributed by atoms with Crippen molar-refractivity contribution in [2.24, 2.45) is 0 Å². The molecule has 0 saturated heterocycles. The number of hydrogen-bond donors (Lipinski definition) is 0. The average Bonchev–Trinajstić information content (AvgIpc) is 2.55. The minimum atomic E-state index is 0. The molecule has 0 N–H and O–H groups in total. The van der Waals surface area contributed by atoms with Crippen molar-refractivity contribution < 1.29 is 17.2 Å². The molecule has 0 radical (unpaired) electrons. The number of ketones is 1. The lowest BCUT2D eigenvalue weighted by Gasteiger charge is -1.95. The van der Waals surface area contributed by atoms with Crippen LogP contribution in [-0.2, 0) is 0 Å². The fourth-order valence-electron chi connectivity index (χ4n) is 1.85. The third kappa shape index (κ3) is 1.26. The summed E-state index contributed by atoms with van der Waals surface area (Å²) >= 11 is 0. The quantitative estimate of drug-likeness (QED) is 0.497. The highest BCUT2D eigenvalue weighted by atomic mass is 35.5. The number of hydrogen-bond acceptors (Lipinski definition) is 2. The molecule has 1 aliphatic rings. The second kappa shape index (κ2) is 3.48. The molecule has 0 bridgehead atoms. The molecule has 0 unspecified atom stereocenters. The van der Waals surface area contributed by atoms with Gasteiger partial charge in [0.05, 0.1) is 0 Å². The number of halogens is 1. The molecule has 1 aromatic carbocycles. The summed E-state index contributed by atoms with van der Waals surface area (Å²) in [7, 11) is 0. The first-order valence-electron chi connectivity index (χ1n) is 4.47. The Morgan fingerprint density at radius 3 is 2.33 bits per heavy atom. The van der Waals surface area contributed by atoms with Crippen LogP contribution in [0, 0.1) is 0 Å². The maximum Gasteiger partial charge on any atom is 0.212 e. The van der Waals surface area contributed by atoms with E-state index in [-0.39, 0.29) is 18.2 Å². The molecule has 0 spiro atoms. The van der Waals surface area contributed by atoms with Gasteiger partial charge in [-0.05, 0) is 11.6 Å². The Morgan fingerprint density at radius 2 is 1.53 bits per heavy atom. The fourth-order valence-corrected chi connectivity index (χ4v) is 1.85. The molecule has 1 heterocycles. The summed E-state index contributed by atoms with van der Waals surface area (Å²) in [5.41, 5.74) is 3.30. The van der Waals surface area contributed by atoms with Crippen molar-refractivity contribution in [3.63, 3.8) is 0 Å². The molecule has 15 heavy (non-hydrogen) atoms. The van der Waals surface area contributed by atoms with Gasteiger partial charge in [0.2, 0.25) is 5.78 Å². The molecule has 1 aliphatic carbocycles. The summed E-state index contributed by atoms with van der Waals surface area (Å²) < 4.78 is 0. The predicted octanol–water partition coefficient (Wildman–Crippen LogP) is -0.703. The number of carbonyl (C=O) groups excluding carboxylic acids is 1. The highest BCUT2D eigenvalue weighted by Gasteiger charge is 2.26. The largest absolute Gasteiger partial charge is 1.00 e. The maximum atomic E-state index is 11.8.